The molecule has 0 aliphatic heterocycles. The number of rotatable bonds is 10. The molecule has 0 amide bonds. The Labute approximate surface area is 126 Å². The first kappa shape index (κ1) is 17.7. The molecule has 1 N–H and O–H groups in total. The van der Waals surface area contributed by atoms with E-state index in [9.17, 15) is 0 Å². The summed E-state index contributed by atoms with van der Waals surface area (Å²) in [7, 11) is 0. The maximum absolute atomic E-state index is 6.34. The van der Waals surface area contributed by atoms with E-state index in [0.29, 0.717) is 6.04 Å². The number of nitrogens with one attached hydrogen (secondary N) is 1. The van der Waals surface area contributed by atoms with Crippen molar-refractivity contribution in [1.29, 1.82) is 0 Å². The minimum Gasteiger partial charge on any atom is -0.374 e. The molecule has 0 aromatic rings. The van der Waals surface area contributed by atoms with Gasteiger partial charge in [-0.3, -0.25) is 0 Å². The Morgan fingerprint density at radius 1 is 1.45 bits per heavy atom. The summed E-state index contributed by atoms with van der Waals surface area (Å²) < 4.78 is 6.34. The molecule has 1 saturated carbocycles. The summed E-state index contributed by atoms with van der Waals surface area (Å²) in [6.07, 6.45) is 11.9. The molecular weight excluding hydrogens is 246 g/mol. The smallest absolute Gasteiger partial charge is 0.0837 e. The second-order valence-electron chi connectivity index (χ2n) is 6.43. The van der Waals surface area contributed by atoms with E-state index in [1.165, 1.54) is 44.9 Å². The minimum atomic E-state index is 0.0722. The average Bonchev–Trinajstić information content (AvgIpc) is 2.43. The monoisotopic (exact) mass is 281 g/mol. The maximum atomic E-state index is 6.34. The number of allylic oxidation sites excluding steroid dienone is 1. The highest BCUT2D eigenvalue weighted by Crippen LogP contribution is 2.39. The van der Waals surface area contributed by atoms with E-state index in [-0.39, 0.29) is 5.60 Å². The second-order valence-corrected chi connectivity index (χ2v) is 6.43. The summed E-state index contributed by atoms with van der Waals surface area (Å²) in [5, 5.41) is 3.78. The molecular formula is C18H35NO. The molecule has 0 aromatic carbocycles. The van der Waals surface area contributed by atoms with Crippen LogP contribution in [0.2, 0.25) is 0 Å². The summed E-state index contributed by atoms with van der Waals surface area (Å²) in [5.74, 6) is 0.792. The molecule has 1 rings (SSSR count). The van der Waals surface area contributed by atoms with Gasteiger partial charge in [0.1, 0.15) is 0 Å². The number of unbranched alkanes of at least 4 members (excludes halogenated alkanes) is 1. The van der Waals surface area contributed by atoms with Crippen LogP contribution in [0.3, 0.4) is 0 Å². The van der Waals surface area contributed by atoms with Crippen LogP contribution in [-0.2, 0) is 4.74 Å². The number of ether oxygens (including phenoxy) is 1. The number of hydrogen-bond donors (Lipinski definition) is 1. The molecule has 1 aliphatic rings. The Balaban J connectivity index is 2.75. The van der Waals surface area contributed by atoms with E-state index in [1.807, 2.05) is 6.08 Å². The van der Waals surface area contributed by atoms with Crippen molar-refractivity contribution in [3.8, 4) is 0 Å². The fourth-order valence-corrected chi connectivity index (χ4v) is 3.72. The van der Waals surface area contributed by atoms with E-state index >= 15 is 0 Å². The molecule has 2 heteroatoms. The van der Waals surface area contributed by atoms with Gasteiger partial charge in [0.15, 0.2) is 0 Å². The van der Waals surface area contributed by atoms with Crippen LogP contribution in [0.4, 0.5) is 0 Å². The van der Waals surface area contributed by atoms with Gasteiger partial charge < -0.3 is 10.1 Å². The van der Waals surface area contributed by atoms with Crippen molar-refractivity contribution < 1.29 is 4.74 Å². The Hall–Kier alpha value is -0.340. The van der Waals surface area contributed by atoms with Gasteiger partial charge in [-0.1, -0.05) is 32.8 Å². The third kappa shape index (κ3) is 5.21. The van der Waals surface area contributed by atoms with Crippen molar-refractivity contribution in [2.75, 3.05) is 13.2 Å². The highest BCUT2D eigenvalue weighted by molar-refractivity contribution is 4.97. The zero-order valence-electron chi connectivity index (χ0n) is 13.9. The summed E-state index contributed by atoms with van der Waals surface area (Å²) in [4.78, 5) is 0. The van der Waals surface area contributed by atoms with Gasteiger partial charge in [-0.2, -0.15) is 0 Å². The molecule has 2 nitrogen and oxygen atoms in total. The third-order valence-corrected chi connectivity index (χ3v) is 4.60. The van der Waals surface area contributed by atoms with Crippen molar-refractivity contribution in [3.05, 3.63) is 12.7 Å². The van der Waals surface area contributed by atoms with E-state index in [1.54, 1.807) is 0 Å². The first-order valence-corrected chi connectivity index (χ1v) is 8.66. The molecule has 0 aromatic heterocycles. The van der Waals surface area contributed by atoms with Crippen LogP contribution in [0.25, 0.3) is 0 Å². The van der Waals surface area contributed by atoms with Crippen molar-refractivity contribution in [1.82, 2.24) is 5.32 Å². The topological polar surface area (TPSA) is 21.3 Å². The first-order valence-electron chi connectivity index (χ1n) is 8.66. The molecule has 20 heavy (non-hydrogen) atoms. The highest BCUT2D eigenvalue weighted by Gasteiger charge is 2.41. The van der Waals surface area contributed by atoms with Crippen LogP contribution in [-0.4, -0.2) is 24.8 Å². The normalized spacial score (nSPS) is 28.2. The van der Waals surface area contributed by atoms with Crippen molar-refractivity contribution in [3.63, 3.8) is 0 Å². The molecule has 0 heterocycles. The molecule has 0 radical (unpaired) electrons. The molecule has 0 bridgehead atoms. The van der Waals surface area contributed by atoms with Gasteiger partial charge in [-0.25, -0.2) is 0 Å². The van der Waals surface area contributed by atoms with Gasteiger partial charge in [-0.05, 0) is 57.9 Å². The molecule has 3 atom stereocenters. The zero-order valence-corrected chi connectivity index (χ0v) is 13.9. The Kier molecular flexibility index (Phi) is 8.47. The largest absolute Gasteiger partial charge is 0.374 e. The van der Waals surface area contributed by atoms with Gasteiger partial charge in [0.2, 0.25) is 0 Å². The SMILES string of the molecule is C=CCCCC(NCCC)C1(OCC)CCCC(C)C1. The van der Waals surface area contributed by atoms with Crippen molar-refractivity contribution in [2.45, 2.75) is 83.8 Å². The molecule has 0 saturated heterocycles. The Bertz CT molecular complexity index is 262. The molecule has 3 unspecified atom stereocenters. The van der Waals surface area contributed by atoms with Crippen LogP contribution < -0.4 is 5.32 Å². The summed E-state index contributed by atoms with van der Waals surface area (Å²) in [6, 6.07) is 0.505. The minimum absolute atomic E-state index is 0.0722. The molecule has 1 fully saturated rings. The standard InChI is InChI=1S/C18H35NO/c1-5-8-9-12-17(19-14-6-2)18(20-7-3)13-10-11-16(4)15-18/h5,16-17,19H,1,6-15H2,2-4H3. The maximum Gasteiger partial charge on any atom is 0.0837 e. The van der Waals surface area contributed by atoms with Gasteiger partial charge >= 0.3 is 0 Å². The van der Waals surface area contributed by atoms with Gasteiger partial charge in [-0.15, -0.1) is 6.58 Å². The summed E-state index contributed by atoms with van der Waals surface area (Å²) in [5.41, 5.74) is 0.0722. The van der Waals surface area contributed by atoms with E-state index < -0.39 is 0 Å². The fourth-order valence-electron chi connectivity index (χ4n) is 3.72. The molecule has 0 spiro atoms. The lowest BCUT2D eigenvalue weighted by Crippen LogP contribution is -2.55. The van der Waals surface area contributed by atoms with E-state index in [2.05, 4.69) is 32.7 Å². The fraction of sp³-hybridized carbons (Fsp3) is 0.889. The molecule has 1 aliphatic carbocycles. The van der Waals surface area contributed by atoms with Crippen LogP contribution in [0, 0.1) is 5.92 Å². The second kappa shape index (κ2) is 9.57. The zero-order chi connectivity index (χ0) is 14.8. The highest BCUT2D eigenvalue weighted by atomic mass is 16.5. The van der Waals surface area contributed by atoms with Gasteiger partial charge in [0.25, 0.3) is 0 Å². The summed E-state index contributed by atoms with van der Waals surface area (Å²) >= 11 is 0. The van der Waals surface area contributed by atoms with Crippen molar-refractivity contribution >= 4 is 0 Å². The third-order valence-electron chi connectivity index (χ3n) is 4.60. The molecule has 118 valence electrons. The van der Waals surface area contributed by atoms with Crippen LogP contribution in [0.5, 0.6) is 0 Å². The Morgan fingerprint density at radius 2 is 2.25 bits per heavy atom. The van der Waals surface area contributed by atoms with E-state index in [4.69, 9.17) is 4.74 Å². The van der Waals surface area contributed by atoms with Crippen LogP contribution in [0.1, 0.15) is 72.1 Å². The van der Waals surface area contributed by atoms with Gasteiger partial charge in [0.05, 0.1) is 5.60 Å². The number of hydrogen-bond acceptors (Lipinski definition) is 2. The first-order chi connectivity index (χ1) is 9.68. The lowest BCUT2D eigenvalue weighted by molar-refractivity contribution is -0.102. The van der Waals surface area contributed by atoms with Crippen molar-refractivity contribution in [2.24, 2.45) is 5.92 Å². The predicted octanol–water partition coefficient (Wildman–Crippen LogP) is 4.70. The lowest BCUT2D eigenvalue weighted by atomic mass is 9.73. The Morgan fingerprint density at radius 3 is 2.85 bits per heavy atom. The quantitative estimate of drug-likeness (QED) is 0.463. The summed E-state index contributed by atoms with van der Waals surface area (Å²) in [6.45, 7) is 12.5. The van der Waals surface area contributed by atoms with Crippen LogP contribution in [0.15, 0.2) is 12.7 Å². The average molecular weight is 281 g/mol. The van der Waals surface area contributed by atoms with Gasteiger partial charge in [0, 0.05) is 12.6 Å². The predicted molar refractivity (Wildman–Crippen MR) is 88.1 cm³/mol. The lowest BCUT2D eigenvalue weighted by Gasteiger charge is -2.46. The van der Waals surface area contributed by atoms with E-state index in [0.717, 1.165) is 25.5 Å². The van der Waals surface area contributed by atoms with Crippen LogP contribution >= 0.6 is 0 Å².